The number of pyridine rings is 1. The lowest BCUT2D eigenvalue weighted by Crippen LogP contribution is -2.37. The molecular weight excluding hydrogens is 428 g/mol. The molecule has 0 bridgehead atoms. The third-order valence-electron chi connectivity index (χ3n) is 6.01. The van der Waals surface area contributed by atoms with Crippen molar-refractivity contribution in [2.75, 3.05) is 5.32 Å². The summed E-state index contributed by atoms with van der Waals surface area (Å²) in [6.07, 6.45) is 3.49. The lowest BCUT2D eigenvalue weighted by molar-refractivity contribution is -0.124. The molecule has 0 radical (unpaired) electrons. The molecule has 0 aliphatic carbocycles. The quantitative estimate of drug-likeness (QED) is 0.310. The Hall–Kier alpha value is -3.77. The van der Waals surface area contributed by atoms with E-state index in [0.717, 1.165) is 33.4 Å². The normalized spacial score (nSPS) is 12.5. The lowest BCUT2D eigenvalue weighted by Gasteiger charge is -2.34. The first-order chi connectivity index (χ1) is 16.0. The molecule has 1 atom stereocenters. The van der Waals surface area contributed by atoms with Gasteiger partial charge in [0.2, 0.25) is 5.91 Å². The molecule has 1 amide bonds. The molecule has 5 nitrogen and oxygen atoms in total. The molecular formula is C27H24N4OS. The Morgan fingerprint density at radius 1 is 0.939 bits per heavy atom. The number of thiazole rings is 1. The number of hydrogen-bond acceptors (Lipinski definition) is 4. The van der Waals surface area contributed by atoms with Gasteiger partial charge in [0.05, 0.1) is 16.8 Å². The van der Waals surface area contributed by atoms with E-state index in [-0.39, 0.29) is 11.8 Å². The van der Waals surface area contributed by atoms with E-state index in [1.165, 1.54) is 11.3 Å². The fourth-order valence-electron chi connectivity index (χ4n) is 4.34. The number of fused-ring (bicyclic) bond motifs is 1. The van der Waals surface area contributed by atoms with E-state index >= 15 is 0 Å². The van der Waals surface area contributed by atoms with Crippen molar-refractivity contribution in [3.05, 3.63) is 102 Å². The van der Waals surface area contributed by atoms with E-state index in [0.29, 0.717) is 5.13 Å². The summed E-state index contributed by atoms with van der Waals surface area (Å²) in [5.41, 5.74) is 4.37. The Morgan fingerprint density at radius 3 is 2.48 bits per heavy atom. The van der Waals surface area contributed by atoms with E-state index < -0.39 is 5.41 Å². The van der Waals surface area contributed by atoms with Crippen LogP contribution in [-0.2, 0) is 4.79 Å². The molecule has 0 aliphatic heterocycles. The standard InChI is InChI=1S/C27H24N4OS/c1-27(2,25(32)31-26-29-14-15-33-26)24(18-8-4-3-5-9-18)19-11-12-21-20(16-19)17-23(30-21)22-10-6-7-13-28-22/h3-17,24,30H,1-2H3,(H,29,31,32). The molecule has 1 unspecified atom stereocenters. The molecule has 3 aromatic heterocycles. The van der Waals surface area contributed by atoms with Gasteiger partial charge in [0, 0.05) is 34.6 Å². The van der Waals surface area contributed by atoms with Gasteiger partial charge in [-0.1, -0.05) is 56.3 Å². The number of aromatic nitrogens is 3. The van der Waals surface area contributed by atoms with Crippen LogP contribution >= 0.6 is 11.3 Å². The number of rotatable bonds is 6. The average molecular weight is 453 g/mol. The number of benzene rings is 2. The molecule has 6 heteroatoms. The smallest absolute Gasteiger partial charge is 0.232 e. The second-order valence-electron chi connectivity index (χ2n) is 8.60. The number of H-pyrrole nitrogens is 1. The van der Waals surface area contributed by atoms with E-state index in [1.54, 1.807) is 12.4 Å². The molecule has 5 aromatic rings. The predicted octanol–water partition coefficient (Wildman–Crippen LogP) is 6.48. The van der Waals surface area contributed by atoms with Crippen LogP contribution in [0, 0.1) is 5.41 Å². The van der Waals surface area contributed by atoms with Gasteiger partial charge in [-0.15, -0.1) is 11.3 Å². The molecule has 0 saturated heterocycles. The number of carbonyl (C=O) groups is 1. The summed E-state index contributed by atoms with van der Waals surface area (Å²) in [6.45, 7) is 3.99. The van der Waals surface area contributed by atoms with Crippen molar-refractivity contribution in [3.63, 3.8) is 0 Å². The number of anilines is 1. The fraction of sp³-hybridized carbons (Fsp3) is 0.148. The van der Waals surface area contributed by atoms with Gasteiger partial charge in [-0.3, -0.25) is 9.78 Å². The molecule has 0 fully saturated rings. The molecule has 0 aliphatic rings. The van der Waals surface area contributed by atoms with Gasteiger partial charge in [-0.2, -0.15) is 0 Å². The van der Waals surface area contributed by atoms with Crippen molar-refractivity contribution in [3.8, 4) is 11.4 Å². The van der Waals surface area contributed by atoms with E-state index in [9.17, 15) is 4.79 Å². The summed E-state index contributed by atoms with van der Waals surface area (Å²) in [4.78, 5) is 25.6. The predicted molar refractivity (Wildman–Crippen MR) is 134 cm³/mol. The van der Waals surface area contributed by atoms with Crippen LogP contribution < -0.4 is 5.32 Å². The Labute approximate surface area is 196 Å². The molecule has 0 saturated carbocycles. The Morgan fingerprint density at radius 2 is 1.76 bits per heavy atom. The summed E-state index contributed by atoms with van der Waals surface area (Å²) < 4.78 is 0. The van der Waals surface area contributed by atoms with Crippen LogP contribution in [-0.4, -0.2) is 20.9 Å². The van der Waals surface area contributed by atoms with Crippen molar-refractivity contribution < 1.29 is 4.79 Å². The highest BCUT2D eigenvalue weighted by Gasteiger charge is 2.39. The highest BCUT2D eigenvalue weighted by molar-refractivity contribution is 7.13. The second-order valence-corrected chi connectivity index (χ2v) is 9.50. The monoisotopic (exact) mass is 452 g/mol. The average Bonchev–Trinajstić information content (AvgIpc) is 3.50. The molecule has 33 heavy (non-hydrogen) atoms. The SMILES string of the molecule is CC(C)(C(=O)Nc1nccs1)C(c1ccccc1)c1ccc2[nH]c(-c3ccccn3)cc2c1. The summed E-state index contributed by atoms with van der Waals surface area (Å²) >= 11 is 1.42. The zero-order valence-electron chi connectivity index (χ0n) is 18.4. The van der Waals surface area contributed by atoms with Gasteiger partial charge in [0.1, 0.15) is 0 Å². The number of hydrogen-bond donors (Lipinski definition) is 2. The van der Waals surface area contributed by atoms with Gasteiger partial charge < -0.3 is 10.3 Å². The Kier molecular flexibility index (Phi) is 5.52. The van der Waals surface area contributed by atoms with Crippen molar-refractivity contribution in [2.45, 2.75) is 19.8 Å². The third kappa shape index (κ3) is 4.17. The molecule has 164 valence electrons. The molecule has 3 heterocycles. The maximum atomic E-state index is 13.4. The van der Waals surface area contributed by atoms with Gasteiger partial charge in [0.15, 0.2) is 5.13 Å². The topological polar surface area (TPSA) is 70.7 Å². The fourth-order valence-corrected chi connectivity index (χ4v) is 4.86. The second kappa shape index (κ2) is 8.64. The summed E-state index contributed by atoms with van der Waals surface area (Å²) in [6, 6.07) is 24.6. The minimum Gasteiger partial charge on any atom is -0.353 e. The van der Waals surface area contributed by atoms with Gasteiger partial charge in [-0.05, 0) is 41.5 Å². The highest BCUT2D eigenvalue weighted by Crippen LogP contribution is 2.43. The van der Waals surface area contributed by atoms with Gasteiger partial charge in [0.25, 0.3) is 0 Å². The van der Waals surface area contributed by atoms with Crippen molar-refractivity contribution in [1.82, 2.24) is 15.0 Å². The number of amides is 1. The maximum absolute atomic E-state index is 13.4. The first-order valence-corrected chi connectivity index (χ1v) is 11.7. The van der Waals surface area contributed by atoms with Crippen molar-refractivity contribution >= 4 is 33.3 Å². The zero-order chi connectivity index (χ0) is 22.8. The van der Waals surface area contributed by atoms with Crippen LogP contribution in [0.25, 0.3) is 22.3 Å². The van der Waals surface area contributed by atoms with E-state index in [4.69, 9.17) is 0 Å². The van der Waals surface area contributed by atoms with Crippen molar-refractivity contribution in [2.24, 2.45) is 5.41 Å². The van der Waals surface area contributed by atoms with Gasteiger partial charge in [-0.25, -0.2) is 4.98 Å². The lowest BCUT2D eigenvalue weighted by atomic mass is 9.70. The Bertz CT molecular complexity index is 1380. The molecule has 2 aromatic carbocycles. The van der Waals surface area contributed by atoms with E-state index in [1.807, 2.05) is 55.6 Å². The zero-order valence-corrected chi connectivity index (χ0v) is 19.3. The highest BCUT2D eigenvalue weighted by atomic mass is 32.1. The number of nitrogens with zero attached hydrogens (tertiary/aromatic N) is 2. The van der Waals surface area contributed by atoms with Crippen LogP contribution in [0.15, 0.2) is 90.6 Å². The minimum absolute atomic E-state index is 0.0605. The van der Waals surface area contributed by atoms with Gasteiger partial charge >= 0.3 is 0 Å². The molecule has 0 spiro atoms. The van der Waals surface area contributed by atoms with Crippen molar-refractivity contribution in [1.29, 1.82) is 0 Å². The third-order valence-corrected chi connectivity index (χ3v) is 6.70. The Balaban J connectivity index is 1.57. The molecule has 5 rings (SSSR count). The maximum Gasteiger partial charge on any atom is 0.232 e. The van der Waals surface area contributed by atoms with Crippen LogP contribution in [0.4, 0.5) is 5.13 Å². The summed E-state index contributed by atoms with van der Waals surface area (Å²) in [5.74, 6) is -0.203. The minimum atomic E-state index is -0.721. The first kappa shape index (κ1) is 21.1. The molecule has 2 N–H and O–H groups in total. The summed E-state index contributed by atoms with van der Waals surface area (Å²) in [5, 5.41) is 6.56. The largest absolute Gasteiger partial charge is 0.353 e. The van der Waals surface area contributed by atoms with E-state index in [2.05, 4.69) is 56.7 Å². The number of carbonyl (C=O) groups excluding carboxylic acids is 1. The van der Waals surface area contributed by atoms with Crippen LogP contribution in [0.3, 0.4) is 0 Å². The summed E-state index contributed by atoms with van der Waals surface area (Å²) in [7, 11) is 0. The van der Waals surface area contributed by atoms with Crippen LogP contribution in [0.5, 0.6) is 0 Å². The van der Waals surface area contributed by atoms with Crippen LogP contribution in [0.2, 0.25) is 0 Å². The first-order valence-electron chi connectivity index (χ1n) is 10.8. The number of aromatic amines is 1. The number of nitrogens with one attached hydrogen (secondary N) is 2. The van der Waals surface area contributed by atoms with Crippen LogP contribution in [0.1, 0.15) is 30.9 Å².